The van der Waals surface area contributed by atoms with Crippen molar-refractivity contribution in [1.82, 2.24) is 20.0 Å². The van der Waals surface area contributed by atoms with Crippen molar-refractivity contribution in [1.29, 1.82) is 0 Å². The molecule has 2 atom stereocenters. The average Bonchev–Trinajstić information content (AvgIpc) is 2.72. The molecule has 3 aromatic rings. The molecule has 0 radical (unpaired) electrons. The SMILES string of the molecule is Cc1nc2ccccc2n(CC(=O)NN2C(=O)C(Cl)C2c2ccccc2Cl)c1=O. The second-order valence-corrected chi connectivity index (χ2v) is 7.57. The first-order chi connectivity index (χ1) is 13.9. The molecule has 1 saturated heterocycles. The Kier molecular flexibility index (Phi) is 5.02. The number of benzene rings is 2. The second kappa shape index (κ2) is 7.50. The van der Waals surface area contributed by atoms with Gasteiger partial charge in [0.25, 0.3) is 17.4 Å². The van der Waals surface area contributed by atoms with Crippen molar-refractivity contribution < 1.29 is 9.59 Å². The lowest BCUT2D eigenvalue weighted by atomic mass is 9.95. The van der Waals surface area contributed by atoms with Crippen molar-refractivity contribution in [2.45, 2.75) is 24.9 Å². The predicted octanol–water partition coefficient (Wildman–Crippen LogP) is 2.58. The van der Waals surface area contributed by atoms with E-state index in [0.29, 0.717) is 21.6 Å². The summed E-state index contributed by atoms with van der Waals surface area (Å²) < 4.78 is 1.33. The number of aryl methyl sites for hydroxylation is 1. The lowest BCUT2D eigenvalue weighted by Crippen LogP contribution is -2.63. The molecule has 4 rings (SSSR count). The third-order valence-corrected chi connectivity index (χ3v) is 5.58. The van der Waals surface area contributed by atoms with Crippen LogP contribution in [0.5, 0.6) is 0 Å². The number of halogens is 2. The third-order valence-electron chi connectivity index (χ3n) is 4.81. The highest BCUT2D eigenvalue weighted by Crippen LogP contribution is 2.39. The van der Waals surface area contributed by atoms with Gasteiger partial charge in [0.2, 0.25) is 0 Å². The maximum absolute atomic E-state index is 12.7. The molecule has 2 heterocycles. The van der Waals surface area contributed by atoms with Gasteiger partial charge in [-0.3, -0.25) is 24.4 Å². The molecule has 1 N–H and O–H groups in total. The van der Waals surface area contributed by atoms with Crippen LogP contribution >= 0.6 is 23.2 Å². The minimum atomic E-state index is -0.832. The summed E-state index contributed by atoms with van der Waals surface area (Å²) in [5, 5.41) is 0.770. The zero-order chi connectivity index (χ0) is 20.7. The van der Waals surface area contributed by atoms with Crippen molar-refractivity contribution >= 4 is 46.0 Å². The van der Waals surface area contributed by atoms with Crippen LogP contribution in [0.25, 0.3) is 11.0 Å². The number of carbonyl (C=O) groups excluding carboxylic acids is 2. The molecular weight excluding hydrogens is 415 g/mol. The summed E-state index contributed by atoms with van der Waals surface area (Å²) in [6.45, 7) is 1.32. The van der Waals surface area contributed by atoms with Gasteiger partial charge in [-0.2, -0.15) is 0 Å². The monoisotopic (exact) mass is 430 g/mol. The molecule has 148 valence electrons. The van der Waals surface area contributed by atoms with E-state index < -0.39 is 23.2 Å². The van der Waals surface area contributed by atoms with E-state index in [-0.39, 0.29) is 17.8 Å². The maximum Gasteiger partial charge on any atom is 0.272 e. The van der Waals surface area contributed by atoms with Crippen LogP contribution in [0.3, 0.4) is 0 Å². The van der Waals surface area contributed by atoms with Crippen molar-refractivity contribution in [3.05, 3.63) is 75.2 Å². The Bertz CT molecular complexity index is 1190. The number of amides is 2. The Morgan fingerprint density at radius 3 is 2.59 bits per heavy atom. The largest absolute Gasteiger partial charge is 0.296 e. The highest BCUT2D eigenvalue weighted by molar-refractivity contribution is 6.35. The molecule has 2 unspecified atom stereocenters. The standard InChI is InChI=1S/C20H16Cl2N4O3/c1-11-19(28)25(15-9-5-4-8-14(15)23-11)10-16(27)24-26-18(17(22)20(26)29)12-6-2-3-7-13(12)21/h2-9,17-18H,10H2,1H3,(H,24,27). The zero-order valence-corrected chi connectivity index (χ0v) is 16.8. The van der Waals surface area contributed by atoms with Gasteiger partial charge < -0.3 is 0 Å². The molecule has 0 aliphatic carbocycles. The quantitative estimate of drug-likeness (QED) is 0.509. The van der Waals surface area contributed by atoms with E-state index in [9.17, 15) is 14.4 Å². The van der Waals surface area contributed by atoms with Gasteiger partial charge in [0.1, 0.15) is 23.7 Å². The first-order valence-corrected chi connectivity index (χ1v) is 9.67. The lowest BCUT2D eigenvalue weighted by molar-refractivity contribution is -0.156. The van der Waals surface area contributed by atoms with Crippen LogP contribution in [0.2, 0.25) is 5.02 Å². The Labute approximate surface area is 175 Å². The molecule has 1 aliphatic heterocycles. The van der Waals surface area contributed by atoms with E-state index in [1.54, 1.807) is 55.5 Å². The Balaban J connectivity index is 1.60. The summed E-state index contributed by atoms with van der Waals surface area (Å²) in [5.41, 5.74) is 4.24. The Morgan fingerprint density at radius 1 is 1.14 bits per heavy atom. The van der Waals surface area contributed by atoms with Gasteiger partial charge in [0.05, 0.1) is 11.0 Å². The summed E-state index contributed by atoms with van der Waals surface area (Å²) in [4.78, 5) is 41.7. The molecule has 0 bridgehead atoms. The molecular formula is C20H16Cl2N4O3. The number of hydrogen-bond acceptors (Lipinski definition) is 4. The fourth-order valence-corrected chi connectivity index (χ4v) is 3.98. The van der Waals surface area contributed by atoms with E-state index >= 15 is 0 Å². The van der Waals surface area contributed by atoms with E-state index in [1.165, 1.54) is 4.57 Å². The average molecular weight is 431 g/mol. The highest BCUT2D eigenvalue weighted by atomic mass is 35.5. The molecule has 0 saturated carbocycles. The molecule has 9 heteroatoms. The minimum Gasteiger partial charge on any atom is -0.296 e. The molecule has 1 aromatic heterocycles. The normalized spacial score (nSPS) is 18.6. The van der Waals surface area contributed by atoms with Crippen LogP contribution in [0.4, 0.5) is 0 Å². The van der Waals surface area contributed by atoms with E-state index in [2.05, 4.69) is 10.4 Å². The van der Waals surface area contributed by atoms with Crippen molar-refractivity contribution in [2.75, 3.05) is 0 Å². The van der Waals surface area contributed by atoms with Gasteiger partial charge in [0.15, 0.2) is 0 Å². The summed E-state index contributed by atoms with van der Waals surface area (Å²) in [7, 11) is 0. The van der Waals surface area contributed by atoms with Crippen LogP contribution in [-0.2, 0) is 16.1 Å². The van der Waals surface area contributed by atoms with Crippen LogP contribution in [-0.4, -0.2) is 31.8 Å². The molecule has 1 aliphatic rings. The van der Waals surface area contributed by atoms with Crippen molar-refractivity contribution in [3.8, 4) is 0 Å². The van der Waals surface area contributed by atoms with Gasteiger partial charge in [-0.05, 0) is 30.7 Å². The topological polar surface area (TPSA) is 84.3 Å². The Hall–Kier alpha value is -2.90. The first kappa shape index (κ1) is 19.4. The van der Waals surface area contributed by atoms with Crippen LogP contribution < -0.4 is 11.0 Å². The molecule has 2 amide bonds. The maximum atomic E-state index is 12.7. The number of nitrogens with one attached hydrogen (secondary N) is 1. The number of hydrazine groups is 1. The van der Waals surface area contributed by atoms with E-state index in [0.717, 1.165) is 5.01 Å². The van der Waals surface area contributed by atoms with E-state index in [1.807, 2.05) is 0 Å². The van der Waals surface area contributed by atoms with Crippen molar-refractivity contribution in [3.63, 3.8) is 0 Å². The molecule has 29 heavy (non-hydrogen) atoms. The van der Waals surface area contributed by atoms with Gasteiger partial charge in [0, 0.05) is 5.02 Å². The van der Waals surface area contributed by atoms with E-state index in [4.69, 9.17) is 23.2 Å². The molecule has 1 fully saturated rings. The summed E-state index contributed by atoms with van der Waals surface area (Å²) in [6.07, 6.45) is 0. The number of fused-ring (bicyclic) bond motifs is 1. The number of nitrogens with zero attached hydrogens (tertiary/aromatic N) is 3. The second-order valence-electron chi connectivity index (χ2n) is 6.69. The van der Waals surface area contributed by atoms with Crippen molar-refractivity contribution in [2.24, 2.45) is 0 Å². The number of rotatable bonds is 4. The molecule has 7 nitrogen and oxygen atoms in total. The fraction of sp³-hybridized carbons (Fsp3) is 0.200. The number of hydrogen-bond donors (Lipinski definition) is 1. The lowest BCUT2D eigenvalue weighted by Gasteiger charge is -2.44. The van der Waals surface area contributed by atoms with Gasteiger partial charge in [-0.25, -0.2) is 9.99 Å². The zero-order valence-electron chi connectivity index (χ0n) is 15.3. The summed E-state index contributed by atoms with van der Waals surface area (Å²) >= 11 is 12.4. The van der Waals surface area contributed by atoms with Crippen LogP contribution in [0.1, 0.15) is 17.3 Å². The van der Waals surface area contributed by atoms with Crippen LogP contribution in [0.15, 0.2) is 53.3 Å². The summed E-state index contributed by atoms with van der Waals surface area (Å²) in [5.74, 6) is -0.968. The van der Waals surface area contributed by atoms with Crippen LogP contribution in [0, 0.1) is 6.92 Å². The number of alkyl halides is 1. The third kappa shape index (κ3) is 3.36. The molecule has 2 aromatic carbocycles. The predicted molar refractivity (Wildman–Crippen MR) is 110 cm³/mol. The van der Waals surface area contributed by atoms with Gasteiger partial charge in [-0.1, -0.05) is 41.9 Å². The Morgan fingerprint density at radius 2 is 1.83 bits per heavy atom. The number of β-lactam (4-membered cyclic amide) rings is 1. The smallest absolute Gasteiger partial charge is 0.272 e. The number of aromatic nitrogens is 2. The first-order valence-electron chi connectivity index (χ1n) is 8.85. The fourth-order valence-electron chi connectivity index (χ4n) is 3.38. The number of para-hydroxylation sites is 2. The highest BCUT2D eigenvalue weighted by Gasteiger charge is 2.49. The minimum absolute atomic E-state index is 0.269. The number of carbonyl (C=O) groups is 2. The molecule has 0 spiro atoms. The van der Waals surface area contributed by atoms with Gasteiger partial charge >= 0.3 is 0 Å². The van der Waals surface area contributed by atoms with Gasteiger partial charge in [-0.15, -0.1) is 11.6 Å². The summed E-state index contributed by atoms with van der Waals surface area (Å²) in [6, 6.07) is 13.4.